The average molecular weight is 241 g/mol. The molecule has 1 aromatic heterocycles. The van der Waals surface area contributed by atoms with Gasteiger partial charge in [-0.1, -0.05) is 18.2 Å². The summed E-state index contributed by atoms with van der Waals surface area (Å²) in [5.74, 6) is 0. The summed E-state index contributed by atoms with van der Waals surface area (Å²) < 4.78 is 0. The van der Waals surface area contributed by atoms with Crippen LogP contribution in [-0.4, -0.2) is 30.2 Å². The van der Waals surface area contributed by atoms with Crippen LogP contribution in [0.4, 0.5) is 5.69 Å². The van der Waals surface area contributed by atoms with Crippen molar-refractivity contribution in [2.24, 2.45) is 0 Å². The Morgan fingerprint density at radius 3 is 2.89 bits per heavy atom. The third-order valence-corrected chi connectivity index (χ3v) is 3.52. The molecule has 3 heteroatoms. The third-order valence-electron chi connectivity index (χ3n) is 3.52. The van der Waals surface area contributed by atoms with Crippen LogP contribution in [-0.2, 0) is 0 Å². The molecule has 94 valence electrons. The number of hydrogen-bond acceptors (Lipinski definition) is 3. The van der Waals surface area contributed by atoms with Gasteiger partial charge in [0.05, 0.1) is 11.2 Å². The summed E-state index contributed by atoms with van der Waals surface area (Å²) >= 11 is 0. The standard InChI is InChI=1S/C15H19N3/c1-15(2)11-18(10-9-17-15)13-7-3-5-12-6-4-8-16-14(12)13/h3-8,17H,9-11H2,1-2H3. The molecule has 1 aromatic carbocycles. The molecule has 1 aliphatic rings. The highest BCUT2D eigenvalue weighted by molar-refractivity contribution is 5.90. The van der Waals surface area contributed by atoms with Crippen molar-refractivity contribution in [3.63, 3.8) is 0 Å². The van der Waals surface area contributed by atoms with Gasteiger partial charge in [-0.15, -0.1) is 0 Å². The van der Waals surface area contributed by atoms with E-state index in [0.717, 1.165) is 25.2 Å². The van der Waals surface area contributed by atoms with E-state index < -0.39 is 0 Å². The number of aromatic nitrogens is 1. The second-order valence-corrected chi connectivity index (χ2v) is 5.58. The molecule has 1 N–H and O–H groups in total. The quantitative estimate of drug-likeness (QED) is 0.831. The Hall–Kier alpha value is -1.61. The Bertz CT molecular complexity index is 557. The average Bonchev–Trinajstić information content (AvgIpc) is 2.37. The van der Waals surface area contributed by atoms with Crippen LogP contribution in [0, 0.1) is 0 Å². The van der Waals surface area contributed by atoms with Gasteiger partial charge in [0.1, 0.15) is 0 Å². The molecule has 18 heavy (non-hydrogen) atoms. The van der Waals surface area contributed by atoms with E-state index in [1.165, 1.54) is 11.1 Å². The first-order valence-corrected chi connectivity index (χ1v) is 6.49. The molecule has 0 saturated carbocycles. The number of nitrogens with zero attached hydrogens (tertiary/aromatic N) is 2. The highest BCUT2D eigenvalue weighted by Crippen LogP contribution is 2.27. The van der Waals surface area contributed by atoms with Gasteiger partial charge in [0.25, 0.3) is 0 Å². The van der Waals surface area contributed by atoms with Crippen LogP contribution in [0.15, 0.2) is 36.5 Å². The second-order valence-electron chi connectivity index (χ2n) is 5.58. The van der Waals surface area contributed by atoms with Crippen LogP contribution in [0.5, 0.6) is 0 Å². The molecule has 0 amide bonds. The second kappa shape index (κ2) is 4.25. The minimum Gasteiger partial charge on any atom is -0.367 e. The Balaban J connectivity index is 2.04. The van der Waals surface area contributed by atoms with Crippen LogP contribution in [0.1, 0.15) is 13.8 Å². The summed E-state index contributed by atoms with van der Waals surface area (Å²) in [5, 5.41) is 4.76. The summed E-state index contributed by atoms with van der Waals surface area (Å²) in [6.07, 6.45) is 1.87. The number of piperazine rings is 1. The number of nitrogens with one attached hydrogen (secondary N) is 1. The predicted octanol–water partition coefficient (Wildman–Crippen LogP) is 2.42. The molecule has 1 saturated heterocycles. The molecule has 0 bridgehead atoms. The van der Waals surface area contributed by atoms with E-state index in [0.29, 0.717) is 0 Å². The van der Waals surface area contributed by atoms with Gasteiger partial charge in [0, 0.05) is 36.8 Å². The van der Waals surface area contributed by atoms with Gasteiger partial charge in [-0.25, -0.2) is 0 Å². The maximum Gasteiger partial charge on any atom is 0.0935 e. The first kappa shape index (κ1) is 11.5. The molecule has 3 rings (SSSR count). The van der Waals surface area contributed by atoms with Gasteiger partial charge < -0.3 is 10.2 Å². The maximum atomic E-state index is 4.54. The van der Waals surface area contributed by atoms with Crippen LogP contribution in [0.25, 0.3) is 10.9 Å². The topological polar surface area (TPSA) is 28.2 Å². The van der Waals surface area contributed by atoms with Gasteiger partial charge >= 0.3 is 0 Å². The number of rotatable bonds is 1. The summed E-state index contributed by atoms with van der Waals surface area (Å²) in [6, 6.07) is 10.5. The normalized spacial score (nSPS) is 19.1. The molecule has 0 atom stereocenters. The molecular weight excluding hydrogens is 222 g/mol. The van der Waals surface area contributed by atoms with Gasteiger partial charge in [-0.05, 0) is 26.0 Å². The molecule has 0 spiro atoms. The Labute approximate surface area is 108 Å². The van der Waals surface area contributed by atoms with E-state index in [9.17, 15) is 0 Å². The van der Waals surface area contributed by atoms with Crippen LogP contribution in [0.2, 0.25) is 0 Å². The maximum absolute atomic E-state index is 4.54. The van der Waals surface area contributed by atoms with Crippen molar-refractivity contribution in [2.45, 2.75) is 19.4 Å². The molecule has 0 unspecified atom stereocenters. The van der Waals surface area contributed by atoms with E-state index in [4.69, 9.17) is 0 Å². The number of pyridine rings is 1. The fraction of sp³-hybridized carbons (Fsp3) is 0.400. The van der Waals surface area contributed by atoms with Crippen molar-refractivity contribution in [1.29, 1.82) is 0 Å². The molecule has 2 aromatic rings. The zero-order chi connectivity index (χ0) is 12.6. The van der Waals surface area contributed by atoms with Gasteiger partial charge in [0.2, 0.25) is 0 Å². The molecule has 0 aliphatic carbocycles. The van der Waals surface area contributed by atoms with Crippen molar-refractivity contribution in [1.82, 2.24) is 10.3 Å². The van der Waals surface area contributed by atoms with Crippen molar-refractivity contribution in [3.8, 4) is 0 Å². The Morgan fingerprint density at radius 1 is 1.22 bits per heavy atom. The molecule has 0 radical (unpaired) electrons. The van der Waals surface area contributed by atoms with Crippen molar-refractivity contribution in [3.05, 3.63) is 36.5 Å². The van der Waals surface area contributed by atoms with E-state index in [2.05, 4.69) is 53.3 Å². The third kappa shape index (κ3) is 2.06. The van der Waals surface area contributed by atoms with Crippen LogP contribution >= 0.6 is 0 Å². The summed E-state index contributed by atoms with van der Waals surface area (Å²) in [7, 11) is 0. The molecular formula is C15H19N3. The summed E-state index contributed by atoms with van der Waals surface area (Å²) in [5.41, 5.74) is 2.52. The smallest absolute Gasteiger partial charge is 0.0935 e. The van der Waals surface area contributed by atoms with Crippen molar-refractivity contribution < 1.29 is 0 Å². The lowest BCUT2D eigenvalue weighted by Crippen LogP contribution is -2.57. The number of benzene rings is 1. The SMILES string of the molecule is CC1(C)CN(c2cccc3cccnc23)CCN1. The zero-order valence-electron chi connectivity index (χ0n) is 11.0. The molecule has 1 aliphatic heterocycles. The van der Waals surface area contributed by atoms with E-state index in [1.807, 2.05) is 12.3 Å². The summed E-state index contributed by atoms with van der Waals surface area (Å²) in [4.78, 5) is 6.98. The highest BCUT2D eigenvalue weighted by Gasteiger charge is 2.26. The van der Waals surface area contributed by atoms with Crippen molar-refractivity contribution in [2.75, 3.05) is 24.5 Å². The Morgan fingerprint density at radius 2 is 2.06 bits per heavy atom. The number of fused-ring (bicyclic) bond motifs is 1. The summed E-state index contributed by atoms with van der Waals surface area (Å²) in [6.45, 7) is 7.58. The lowest BCUT2D eigenvalue weighted by atomic mass is 10.0. The zero-order valence-corrected chi connectivity index (χ0v) is 11.0. The first-order chi connectivity index (χ1) is 8.66. The number of hydrogen-bond donors (Lipinski definition) is 1. The van der Waals surface area contributed by atoms with Gasteiger partial charge in [0.15, 0.2) is 0 Å². The first-order valence-electron chi connectivity index (χ1n) is 6.49. The molecule has 1 fully saturated rings. The fourth-order valence-corrected chi connectivity index (χ4v) is 2.69. The van der Waals surface area contributed by atoms with Gasteiger partial charge in [-0.2, -0.15) is 0 Å². The highest BCUT2D eigenvalue weighted by atomic mass is 15.2. The van der Waals surface area contributed by atoms with Gasteiger partial charge in [-0.3, -0.25) is 4.98 Å². The fourth-order valence-electron chi connectivity index (χ4n) is 2.69. The molecule has 2 heterocycles. The Kier molecular flexibility index (Phi) is 2.71. The minimum absolute atomic E-state index is 0.162. The van der Waals surface area contributed by atoms with E-state index >= 15 is 0 Å². The van der Waals surface area contributed by atoms with Crippen molar-refractivity contribution >= 4 is 16.6 Å². The largest absolute Gasteiger partial charge is 0.367 e. The lowest BCUT2D eigenvalue weighted by molar-refractivity contribution is 0.353. The monoisotopic (exact) mass is 241 g/mol. The molecule has 3 nitrogen and oxygen atoms in total. The van der Waals surface area contributed by atoms with Crippen LogP contribution in [0.3, 0.4) is 0 Å². The van der Waals surface area contributed by atoms with Crippen LogP contribution < -0.4 is 10.2 Å². The minimum atomic E-state index is 0.162. The predicted molar refractivity (Wildman–Crippen MR) is 76.0 cm³/mol. The lowest BCUT2D eigenvalue weighted by Gasteiger charge is -2.40. The number of anilines is 1. The van der Waals surface area contributed by atoms with E-state index in [1.54, 1.807) is 0 Å². The van der Waals surface area contributed by atoms with E-state index in [-0.39, 0.29) is 5.54 Å². The number of para-hydroxylation sites is 1.